The van der Waals surface area contributed by atoms with Gasteiger partial charge >= 0.3 is 6.03 Å². The van der Waals surface area contributed by atoms with Crippen molar-refractivity contribution in [2.45, 2.75) is 31.0 Å². The van der Waals surface area contributed by atoms with E-state index >= 15 is 0 Å². The normalized spacial score (nSPS) is 15.6. The molecule has 45 heavy (non-hydrogen) atoms. The molecule has 0 saturated carbocycles. The summed E-state index contributed by atoms with van der Waals surface area (Å²) in [5.74, 6) is -2.00. The van der Waals surface area contributed by atoms with E-state index < -0.39 is 29.1 Å². The van der Waals surface area contributed by atoms with E-state index in [1.54, 1.807) is 18.2 Å². The van der Waals surface area contributed by atoms with Crippen molar-refractivity contribution in [2.75, 3.05) is 25.4 Å². The van der Waals surface area contributed by atoms with Gasteiger partial charge in [0, 0.05) is 49.1 Å². The van der Waals surface area contributed by atoms with Gasteiger partial charge in [0.1, 0.15) is 47.7 Å². The van der Waals surface area contributed by atoms with Gasteiger partial charge < -0.3 is 16.2 Å². The highest BCUT2D eigenvalue weighted by Crippen LogP contribution is 2.31. The Morgan fingerprint density at radius 1 is 1.00 bits per heavy atom. The number of benzene rings is 2. The van der Waals surface area contributed by atoms with Crippen molar-refractivity contribution in [3.63, 3.8) is 0 Å². The second-order valence-corrected chi connectivity index (χ2v) is 10.9. The molecule has 15 heteroatoms. The molecule has 1 fully saturated rings. The number of likely N-dealkylation sites (tertiary alicyclic amines) is 1. The van der Waals surface area contributed by atoms with Crippen molar-refractivity contribution < 1.29 is 23.1 Å². The van der Waals surface area contributed by atoms with Crippen LogP contribution in [0, 0.1) is 17.5 Å². The van der Waals surface area contributed by atoms with Crippen LogP contribution in [0.25, 0.3) is 22.6 Å². The van der Waals surface area contributed by atoms with Gasteiger partial charge in [-0.3, -0.25) is 4.90 Å². The molecule has 1 atom stereocenters. The molecule has 0 bridgehead atoms. The van der Waals surface area contributed by atoms with Gasteiger partial charge in [0.15, 0.2) is 0 Å². The number of piperidine rings is 1. The summed E-state index contributed by atoms with van der Waals surface area (Å²) >= 11 is 0. The Morgan fingerprint density at radius 3 is 2.44 bits per heavy atom. The number of nitrogens with two attached hydrogens (primary N) is 1. The van der Waals surface area contributed by atoms with Gasteiger partial charge in [0.25, 0.3) is 0 Å². The van der Waals surface area contributed by atoms with Gasteiger partial charge in [0.2, 0.25) is 5.95 Å². The fourth-order valence-corrected chi connectivity index (χ4v) is 5.59. The number of halogens is 3. The number of hydrogen-bond donors (Lipinski definition) is 3. The molecule has 4 heterocycles. The Bertz CT molecular complexity index is 1790. The van der Waals surface area contributed by atoms with Crippen molar-refractivity contribution in [3.05, 3.63) is 96.7 Å². The summed E-state index contributed by atoms with van der Waals surface area (Å²) < 4.78 is 44.8. The third-order valence-corrected chi connectivity index (χ3v) is 7.74. The van der Waals surface area contributed by atoms with Crippen molar-refractivity contribution in [1.82, 2.24) is 44.5 Å². The lowest BCUT2D eigenvalue weighted by Gasteiger charge is -2.38. The zero-order chi connectivity index (χ0) is 31.6. The smallest absolute Gasteiger partial charge is 0.327 e. The first-order chi connectivity index (χ1) is 21.7. The van der Waals surface area contributed by atoms with E-state index in [9.17, 15) is 23.1 Å². The number of carbonyl (C=O) groups is 1. The van der Waals surface area contributed by atoms with Crippen LogP contribution in [0.2, 0.25) is 0 Å². The molecule has 1 saturated heterocycles. The van der Waals surface area contributed by atoms with Crippen molar-refractivity contribution >= 4 is 12.0 Å². The van der Waals surface area contributed by atoms with Crippen LogP contribution in [0.3, 0.4) is 0 Å². The lowest BCUT2D eigenvalue weighted by molar-refractivity contribution is -0.0270. The Morgan fingerprint density at radius 2 is 1.76 bits per heavy atom. The second kappa shape index (κ2) is 12.5. The summed E-state index contributed by atoms with van der Waals surface area (Å²) in [7, 11) is 0. The van der Waals surface area contributed by atoms with E-state index in [1.165, 1.54) is 52.6 Å². The quantitative estimate of drug-likeness (QED) is 0.238. The summed E-state index contributed by atoms with van der Waals surface area (Å²) in [5, 5.41) is 18.8. The number of imidazole rings is 1. The average Bonchev–Trinajstić information content (AvgIpc) is 3.69. The van der Waals surface area contributed by atoms with E-state index in [2.05, 4.69) is 30.4 Å². The average molecular weight is 619 g/mol. The largest absolute Gasteiger partial charge is 0.382 e. The number of amides is 1. The number of carbonyl (C=O) groups excluding carboxylic acids is 1. The Balaban J connectivity index is 1.17. The summed E-state index contributed by atoms with van der Waals surface area (Å²) in [4.78, 5) is 32.1. The molecule has 232 valence electrons. The first-order valence-electron chi connectivity index (χ1n) is 14.1. The summed E-state index contributed by atoms with van der Waals surface area (Å²) in [5.41, 5.74) is 5.77. The number of nitrogen functional groups attached to an aromatic ring is 1. The van der Waals surface area contributed by atoms with Crippen molar-refractivity contribution in [1.29, 1.82) is 0 Å². The Labute approximate surface area is 255 Å². The fourth-order valence-electron chi connectivity index (χ4n) is 5.59. The van der Waals surface area contributed by atoms with E-state index in [-0.39, 0.29) is 30.6 Å². The zero-order valence-corrected chi connectivity index (χ0v) is 23.9. The monoisotopic (exact) mass is 618 g/mol. The van der Waals surface area contributed by atoms with Crippen LogP contribution < -0.4 is 11.1 Å². The molecule has 3 aromatic heterocycles. The van der Waals surface area contributed by atoms with Gasteiger partial charge in [-0.25, -0.2) is 47.2 Å². The van der Waals surface area contributed by atoms with Crippen LogP contribution in [0.4, 0.5) is 23.9 Å². The lowest BCUT2D eigenvalue weighted by Crippen LogP contribution is -2.50. The minimum atomic E-state index is -1.73. The number of aromatic nitrogens is 7. The fraction of sp³-hybridized carbons (Fsp3) is 0.267. The summed E-state index contributed by atoms with van der Waals surface area (Å²) in [6.07, 6.45) is 6.63. The van der Waals surface area contributed by atoms with Crippen LogP contribution in [0.5, 0.6) is 0 Å². The summed E-state index contributed by atoms with van der Waals surface area (Å²) in [6, 6.07) is 9.75. The van der Waals surface area contributed by atoms with Gasteiger partial charge in [-0.05, 0) is 49.2 Å². The molecule has 6 rings (SSSR count). The number of β-amino-alcohol motifs (C(OH)–C–C–N with tert-alkyl or cyclic N) is 1. The molecule has 12 nitrogen and oxygen atoms in total. The van der Waals surface area contributed by atoms with Gasteiger partial charge in [-0.2, -0.15) is 5.10 Å². The summed E-state index contributed by atoms with van der Waals surface area (Å²) in [6.45, 7) is 0.901. The highest BCUT2D eigenvalue weighted by molar-refractivity contribution is 5.88. The molecule has 0 aliphatic carbocycles. The molecule has 4 N–H and O–H groups in total. The predicted octanol–water partition coefficient (Wildman–Crippen LogP) is 3.21. The number of anilines is 1. The Kier molecular flexibility index (Phi) is 8.28. The molecular formula is C30H29F3N10O2. The van der Waals surface area contributed by atoms with E-state index in [4.69, 9.17) is 5.73 Å². The Hall–Kier alpha value is -5.15. The molecular weight excluding hydrogens is 589 g/mol. The number of aliphatic hydroxyl groups is 1. The van der Waals surface area contributed by atoms with Gasteiger partial charge in [-0.15, -0.1) is 0 Å². The van der Waals surface area contributed by atoms with Crippen LogP contribution in [0.15, 0.2) is 73.7 Å². The molecule has 0 radical (unpaired) electrons. The lowest BCUT2D eigenvalue weighted by atomic mass is 9.91. The third-order valence-electron chi connectivity index (χ3n) is 7.74. The number of nitrogens with zero attached hydrogens (tertiary/aromatic N) is 8. The topological polar surface area (TPSA) is 153 Å². The highest BCUT2D eigenvalue weighted by atomic mass is 19.1. The number of rotatable bonds is 8. The minimum Gasteiger partial charge on any atom is -0.382 e. The molecule has 0 spiro atoms. The number of hydrogen-bond acceptors (Lipinski definition) is 9. The van der Waals surface area contributed by atoms with Crippen LogP contribution >= 0.6 is 0 Å². The SMILES string of the molecule is Nc1nccc(-c2c(-c3ccc(F)cc3)ncn2C(=O)NC2CCN(CC(O)(Cn3cncn3)c3ccc(F)cc3F)CC2)n1. The first-order valence-corrected chi connectivity index (χ1v) is 14.1. The highest BCUT2D eigenvalue weighted by Gasteiger charge is 2.37. The van der Waals surface area contributed by atoms with Crippen molar-refractivity contribution in [3.8, 4) is 22.6 Å². The molecule has 5 aromatic rings. The molecule has 1 unspecified atom stereocenters. The molecule has 1 aliphatic heterocycles. The van der Waals surface area contributed by atoms with Gasteiger partial charge in [0.05, 0.1) is 17.9 Å². The van der Waals surface area contributed by atoms with Crippen LogP contribution in [-0.4, -0.2) is 76.0 Å². The second-order valence-electron chi connectivity index (χ2n) is 10.9. The van der Waals surface area contributed by atoms with E-state index in [0.717, 1.165) is 12.1 Å². The number of nitrogens with one attached hydrogen (secondary N) is 1. The molecule has 1 amide bonds. The van der Waals surface area contributed by atoms with Crippen molar-refractivity contribution in [2.24, 2.45) is 0 Å². The van der Waals surface area contributed by atoms with E-state index in [0.29, 0.717) is 48.6 Å². The minimum absolute atomic E-state index is 0.0161. The maximum absolute atomic E-state index is 14.9. The standard InChI is InChI=1S/C30H29F3N10O2/c31-20-3-1-19(2-4-20)26-27(25-7-10-36-28(34)40-25)43(18-37-26)29(44)39-22-8-11-41(12-9-22)14-30(45,15-42-17-35-16-38-42)23-6-5-21(32)13-24(23)33/h1-7,10,13,16-18,22,45H,8-9,11-12,14-15H2,(H,39,44)(H2,34,36,40). The maximum Gasteiger partial charge on any atom is 0.327 e. The molecule has 1 aliphatic rings. The third kappa shape index (κ3) is 6.53. The predicted molar refractivity (Wildman–Crippen MR) is 157 cm³/mol. The van der Waals surface area contributed by atoms with Crippen LogP contribution in [0.1, 0.15) is 18.4 Å². The van der Waals surface area contributed by atoms with Crippen LogP contribution in [-0.2, 0) is 12.1 Å². The van der Waals surface area contributed by atoms with Gasteiger partial charge in [-0.1, -0.05) is 6.07 Å². The molecule has 2 aromatic carbocycles. The zero-order valence-electron chi connectivity index (χ0n) is 23.9. The first kappa shape index (κ1) is 29.9. The van der Waals surface area contributed by atoms with E-state index in [1.807, 2.05) is 4.90 Å². The maximum atomic E-state index is 14.9.